The molecule has 0 amide bonds. The summed E-state index contributed by atoms with van der Waals surface area (Å²) in [4.78, 5) is 8.37. The number of aromatic nitrogens is 2. The van der Waals surface area contributed by atoms with Crippen LogP contribution in [-0.2, 0) is 0 Å². The van der Waals surface area contributed by atoms with Gasteiger partial charge in [0, 0.05) is 17.1 Å². The lowest BCUT2D eigenvalue weighted by atomic mass is 10.1. The Morgan fingerprint density at radius 1 is 1.28 bits per heavy atom. The van der Waals surface area contributed by atoms with Crippen LogP contribution < -0.4 is 5.32 Å². The molecule has 0 aliphatic heterocycles. The molecule has 0 atom stereocenters. The minimum Gasteiger partial charge on any atom is -0.369 e. The Bertz CT molecular complexity index is 528. The zero-order valence-corrected chi connectivity index (χ0v) is 10.7. The van der Waals surface area contributed by atoms with Crippen molar-refractivity contribution < 1.29 is 4.39 Å². The molecule has 1 aromatic heterocycles. The van der Waals surface area contributed by atoms with Crippen molar-refractivity contribution in [2.45, 2.75) is 13.3 Å². The highest BCUT2D eigenvalue weighted by molar-refractivity contribution is 6.30. The Kier molecular flexibility index (Phi) is 4.10. The molecule has 2 aromatic rings. The predicted molar refractivity (Wildman–Crippen MR) is 71.2 cm³/mol. The first-order valence-corrected chi connectivity index (χ1v) is 6.10. The second kappa shape index (κ2) is 5.78. The fourth-order valence-corrected chi connectivity index (χ4v) is 1.67. The van der Waals surface area contributed by atoms with Gasteiger partial charge in [-0.3, -0.25) is 4.98 Å². The Morgan fingerprint density at radius 2 is 2.11 bits per heavy atom. The smallest absolute Gasteiger partial charge is 0.144 e. The van der Waals surface area contributed by atoms with Crippen molar-refractivity contribution in [1.82, 2.24) is 9.97 Å². The summed E-state index contributed by atoms with van der Waals surface area (Å²) in [5.41, 5.74) is 0.889. The molecule has 0 saturated heterocycles. The minimum atomic E-state index is -0.397. The van der Waals surface area contributed by atoms with Crippen LogP contribution in [0.1, 0.15) is 13.3 Å². The van der Waals surface area contributed by atoms with Gasteiger partial charge in [0.05, 0.1) is 18.1 Å². The number of hydrogen-bond acceptors (Lipinski definition) is 3. The van der Waals surface area contributed by atoms with Crippen LogP contribution in [0.5, 0.6) is 0 Å². The molecular formula is C13H13ClFN3. The van der Waals surface area contributed by atoms with E-state index in [9.17, 15) is 4.39 Å². The standard InChI is InChI=1S/C13H13ClFN3/c1-2-5-16-13-8-17-12(7-18-13)10-4-3-9(14)6-11(10)15/h3-4,6-8H,2,5H2,1H3,(H,16,18). The first-order valence-electron chi connectivity index (χ1n) is 5.72. The third kappa shape index (κ3) is 2.96. The Hall–Kier alpha value is -1.68. The molecule has 0 aliphatic carbocycles. The molecular weight excluding hydrogens is 253 g/mol. The number of anilines is 1. The molecule has 2 rings (SSSR count). The van der Waals surface area contributed by atoms with Gasteiger partial charge >= 0.3 is 0 Å². The maximum atomic E-state index is 13.7. The highest BCUT2D eigenvalue weighted by atomic mass is 35.5. The van der Waals surface area contributed by atoms with Crippen molar-refractivity contribution in [2.75, 3.05) is 11.9 Å². The molecule has 1 aromatic carbocycles. The Balaban J connectivity index is 2.23. The van der Waals surface area contributed by atoms with E-state index in [1.807, 2.05) is 0 Å². The summed E-state index contributed by atoms with van der Waals surface area (Å²) in [5, 5.41) is 3.47. The van der Waals surface area contributed by atoms with Crippen LogP contribution in [-0.4, -0.2) is 16.5 Å². The number of benzene rings is 1. The van der Waals surface area contributed by atoms with Crippen LogP contribution in [0.4, 0.5) is 10.2 Å². The first kappa shape index (κ1) is 12.8. The van der Waals surface area contributed by atoms with Gasteiger partial charge in [0.15, 0.2) is 0 Å². The third-order valence-corrected chi connectivity index (χ3v) is 2.65. The van der Waals surface area contributed by atoms with E-state index in [-0.39, 0.29) is 0 Å². The molecule has 0 unspecified atom stereocenters. The van der Waals surface area contributed by atoms with Crippen molar-refractivity contribution in [3.8, 4) is 11.3 Å². The predicted octanol–water partition coefficient (Wildman–Crippen LogP) is 3.76. The molecule has 18 heavy (non-hydrogen) atoms. The molecule has 5 heteroatoms. The van der Waals surface area contributed by atoms with E-state index in [0.717, 1.165) is 13.0 Å². The first-order chi connectivity index (χ1) is 8.70. The summed E-state index contributed by atoms with van der Waals surface area (Å²) in [6, 6.07) is 4.49. The maximum absolute atomic E-state index is 13.7. The molecule has 0 aliphatic rings. The number of rotatable bonds is 4. The molecule has 0 spiro atoms. The SMILES string of the molecule is CCCNc1cnc(-c2ccc(Cl)cc2F)cn1. The fraction of sp³-hybridized carbons (Fsp3) is 0.231. The van der Waals surface area contributed by atoms with Crippen LogP contribution >= 0.6 is 11.6 Å². The average Bonchev–Trinajstić information content (AvgIpc) is 2.37. The van der Waals surface area contributed by atoms with Gasteiger partial charge in [-0.15, -0.1) is 0 Å². The van der Waals surface area contributed by atoms with E-state index in [1.54, 1.807) is 24.5 Å². The van der Waals surface area contributed by atoms with Crippen LogP contribution in [0, 0.1) is 5.82 Å². The quantitative estimate of drug-likeness (QED) is 0.915. The molecule has 1 N–H and O–H groups in total. The lowest BCUT2D eigenvalue weighted by Gasteiger charge is -2.05. The number of hydrogen-bond donors (Lipinski definition) is 1. The van der Waals surface area contributed by atoms with E-state index in [4.69, 9.17) is 11.6 Å². The zero-order valence-electron chi connectivity index (χ0n) is 9.95. The molecule has 94 valence electrons. The zero-order chi connectivity index (χ0) is 13.0. The van der Waals surface area contributed by atoms with Gasteiger partial charge in [-0.05, 0) is 24.6 Å². The molecule has 1 heterocycles. The van der Waals surface area contributed by atoms with Crippen LogP contribution in [0.15, 0.2) is 30.6 Å². The van der Waals surface area contributed by atoms with Gasteiger partial charge in [0.25, 0.3) is 0 Å². The summed E-state index contributed by atoms with van der Waals surface area (Å²) in [5.74, 6) is 0.293. The third-order valence-electron chi connectivity index (χ3n) is 2.42. The van der Waals surface area contributed by atoms with Crippen molar-refractivity contribution in [2.24, 2.45) is 0 Å². The van der Waals surface area contributed by atoms with E-state index in [2.05, 4.69) is 22.2 Å². The number of nitrogens with one attached hydrogen (secondary N) is 1. The Morgan fingerprint density at radius 3 is 2.72 bits per heavy atom. The average molecular weight is 266 g/mol. The van der Waals surface area contributed by atoms with Gasteiger partial charge in [-0.1, -0.05) is 18.5 Å². The maximum Gasteiger partial charge on any atom is 0.144 e. The monoisotopic (exact) mass is 265 g/mol. The minimum absolute atomic E-state index is 0.366. The normalized spacial score (nSPS) is 10.4. The Labute approximate surface area is 110 Å². The summed E-state index contributed by atoms with van der Waals surface area (Å²) in [6.07, 6.45) is 4.15. The van der Waals surface area contributed by atoms with Crippen molar-refractivity contribution in [3.63, 3.8) is 0 Å². The summed E-state index contributed by atoms with van der Waals surface area (Å²) in [6.45, 7) is 2.90. The van der Waals surface area contributed by atoms with E-state index in [1.165, 1.54) is 6.07 Å². The fourth-order valence-electron chi connectivity index (χ4n) is 1.51. The van der Waals surface area contributed by atoms with Crippen LogP contribution in [0.25, 0.3) is 11.3 Å². The lowest BCUT2D eigenvalue weighted by Crippen LogP contribution is -2.02. The summed E-state index contributed by atoms with van der Waals surface area (Å²) >= 11 is 5.70. The van der Waals surface area contributed by atoms with E-state index in [0.29, 0.717) is 22.1 Å². The molecule has 0 bridgehead atoms. The summed E-state index contributed by atoms with van der Waals surface area (Å²) in [7, 11) is 0. The van der Waals surface area contributed by atoms with Gasteiger partial charge in [-0.25, -0.2) is 9.37 Å². The van der Waals surface area contributed by atoms with Gasteiger partial charge in [0.1, 0.15) is 11.6 Å². The van der Waals surface area contributed by atoms with Crippen molar-refractivity contribution in [1.29, 1.82) is 0 Å². The molecule has 0 saturated carbocycles. The van der Waals surface area contributed by atoms with Crippen LogP contribution in [0.2, 0.25) is 5.02 Å². The molecule has 0 radical (unpaired) electrons. The number of nitrogens with zero attached hydrogens (tertiary/aromatic N) is 2. The second-order valence-corrected chi connectivity index (χ2v) is 4.27. The van der Waals surface area contributed by atoms with Gasteiger partial charge in [0.2, 0.25) is 0 Å². The largest absolute Gasteiger partial charge is 0.369 e. The highest BCUT2D eigenvalue weighted by Gasteiger charge is 2.07. The number of halogens is 2. The van der Waals surface area contributed by atoms with Gasteiger partial charge < -0.3 is 5.32 Å². The molecule has 0 fully saturated rings. The van der Waals surface area contributed by atoms with E-state index < -0.39 is 5.82 Å². The van der Waals surface area contributed by atoms with Crippen molar-refractivity contribution >= 4 is 17.4 Å². The van der Waals surface area contributed by atoms with Crippen molar-refractivity contribution in [3.05, 3.63) is 41.4 Å². The second-order valence-electron chi connectivity index (χ2n) is 3.84. The highest BCUT2D eigenvalue weighted by Crippen LogP contribution is 2.23. The summed E-state index contributed by atoms with van der Waals surface area (Å²) < 4.78 is 13.7. The molecule has 3 nitrogen and oxygen atoms in total. The topological polar surface area (TPSA) is 37.8 Å². The van der Waals surface area contributed by atoms with Crippen LogP contribution in [0.3, 0.4) is 0 Å². The van der Waals surface area contributed by atoms with Gasteiger partial charge in [-0.2, -0.15) is 0 Å². The lowest BCUT2D eigenvalue weighted by molar-refractivity contribution is 0.630. The van der Waals surface area contributed by atoms with E-state index >= 15 is 0 Å².